The molecule has 1 aromatic heterocycles. The van der Waals surface area contributed by atoms with Gasteiger partial charge in [-0.3, -0.25) is 4.79 Å². The highest BCUT2D eigenvalue weighted by atomic mass is 32.1. The lowest BCUT2D eigenvalue weighted by Gasteiger charge is -2.31. The summed E-state index contributed by atoms with van der Waals surface area (Å²) in [6.07, 6.45) is 2.21. The predicted molar refractivity (Wildman–Crippen MR) is 71.4 cm³/mol. The Balaban J connectivity index is 2.05. The van der Waals surface area contributed by atoms with Gasteiger partial charge >= 0.3 is 12.0 Å². The molecule has 20 heavy (non-hydrogen) atoms. The molecule has 1 fully saturated rings. The van der Waals surface area contributed by atoms with E-state index in [0.717, 1.165) is 28.2 Å². The number of carboxylic acids is 1. The number of rotatable bonds is 2. The summed E-state index contributed by atoms with van der Waals surface area (Å²) in [5.74, 6) is -1.64. The minimum absolute atomic E-state index is 0.447. The third-order valence-corrected chi connectivity index (χ3v) is 5.01. The lowest BCUT2D eigenvalue weighted by molar-refractivity contribution is -0.147. The van der Waals surface area contributed by atoms with Gasteiger partial charge in [0.15, 0.2) is 0 Å². The second kappa shape index (κ2) is 4.31. The molecule has 0 bridgehead atoms. The van der Waals surface area contributed by atoms with E-state index in [2.05, 4.69) is 5.32 Å². The third kappa shape index (κ3) is 1.59. The number of aryl methyl sites for hydroxylation is 1. The van der Waals surface area contributed by atoms with E-state index in [1.165, 1.54) is 6.92 Å². The summed E-state index contributed by atoms with van der Waals surface area (Å²) in [7, 11) is 0. The molecular weight excluding hydrogens is 280 g/mol. The maximum absolute atomic E-state index is 12.7. The van der Waals surface area contributed by atoms with Gasteiger partial charge in [-0.05, 0) is 37.6 Å². The summed E-state index contributed by atoms with van der Waals surface area (Å²) in [4.78, 5) is 37.7. The summed E-state index contributed by atoms with van der Waals surface area (Å²) >= 11 is 1.57. The standard InChI is InChI=1S/C13H14N2O4S/c1-7(10(16)17)15-11(18)13(14-12(15)19)5-2-3-9-8(13)4-6-20-9/h4,6-7H,2-3,5H2,1H3,(H,14,19)(H,16,17). The molecule has 2 unspecified atom stereocenters. The van der Waals surface area contributed by atoms with Crippen molar-refractivity contribution in [3.05, 3.63) is 21.9 Å². The third-order valence-electron chi connectivity index (χ3n) is 4.03. The average molecular weight is 294 g/mol. The van der Waals surface area contributed by atoms with E-state index in [4.69, 9.17) is 5.11 Å². The molecule has 1 saturated heterocycles. The van der Waals surface area contributed by atoms with Gasteiger partial charge in [0, 0.05) is 10.4 Å². The van der Waals surface area contributed by atoms with Crippen LogP contribution in [0.5, 0.6) is 0 Å². The number of hydrogen-bond acceptors (Lipinski definition) is 4. The van der Waals surface area contributed by atoms with Crippen molar-refractivity contribution in [1.82, 2.24) is 10.2 Å². The lowest BCUT2D eigenvalue weighted by atomic mass is 9.80. The van der Waals surface area contributed by atoms with Crippen molar-refractivity contribution < 1.29 is 19.5 Å². The SMILES string of the molecule is CC(C(=O)O)N1C(=O)NC2(CCCc3sccc32)C1=O. The number of carbonyl (C=O) groups excluding carboxylic acids is 2. The quantitative estimate of drug-likeness (QED) is 0.805. The van der Waals surface area contributed by atoms with Crippen LogP contribution in [0.3, 0.4) is 0 Å². The van der Waals surface area contributed by atoms with Gasteiger partial charge in [0.25, 0.3) is 5.91 Å². The first kappa shape index (κ1) is 13.1. The molecule has 0 aromatic carbocycles. The van der Waals surface area contributed by atoms with Crippen LogP contribution in [0.2, 0.25) is 0 Å². The molecule has 2 atom stereocenters. The Morgan fingerprint density at radius 1 is 1.55 bits per heavy atom. The molecule has 7 heteroatoms. The summed E-state index contributed by atoms with van der Waals surface area (Å²) in [5, 5.41) is 13.7. The largest absolute Gasteiger partial charge is 0.480 e. The number of nitrogens with zero attached hydrogens (tertiary/aromatic N) is 1. The van der Waals surface area contributed by atoms with Gasteiger partial charge in [0.1, 0.15) is 11.6 Å². The molecule has 3 rings (SSSR count). The Morgan fingerprint density at radius 2 is 2.30 bits per heavy atom. The number of amides is 3. The smallest absolute Gasteiger partial charge is 0.326 e. The molecule has 1 aliphatic heterocycles. The maximum atomic E-state index is 12.7. The Morgan fingerprint density at radius 3 is 3.00 bits per heavy atom. The predicted octanol–water partition coefficient (Wildman–Crippen LogP) is 1.30. The van der Waals surface area contributed by atoms with E-state index < -0.39 is 29.5 Å². The summed E-state index contributed by atoms with van der Waals surface area (Å²) in [5.41, 5.74) is -0.235. The highest BCUT2D eigenvalue weighted by Gasteiger charge is 2.56. The second-order valence-corrected chi connectivity index (χ2v) is 6.14. The van der Waals surface area contributed by atoms with E-state index >= 15 is 0 Å². The van der Waals surface area contributed by atoms with Gasteiger partial charge in [-0.2, -0.15) is 0 Å². The average Bonchev–Trinajstić information content (AvgIpc) is 2.95. The highest BCUT2D eigenvalue weighted by Crippen LogP contribution is 2.42. The van der Waals surface area contributed by atoms with Crippen LogP contribution < -0.4 is 5.32 Å². The Hall–Kier alpha value is -1.89. The van der Waals surface area contributed by atoms with Gasteiger partial charge in [-0.25, -0.2) is 14.5 Å². The van der Waals surface area contributed by atoms with Crippen LogP contribution in [0.4, 0.5) is 4.79 Å². The summed E-state index contributed by atoms with van der Waals surface area (Å²) in [6.45, 7) is 1.34. The first-order valence-electron chi connectivity index (χ1n) is 6.43. The van der Waals surface area contributed by atoms with E-state index in [1.807, 2.05) is 11.4 Å². The number of imide groups is 1. The van der Waals surface area contributed by atoms with Crippen LogP contribution in [0.15, 0.2) is 11.4 Å². The van der Waals surface area contributed by atoms with Crippen LogP contribution in [-0.2, 0) is 21.5 Å². The molecule has 2 heterocycles. The van der Waals surface area contributed by atoms with Crippen LogP contribution in [0.1, 0.15) is 30.2 Å². The summed E-state index contributed by atoms with van der Waals surface area (Å²) in [6, 6.07) is 0.0709. The van der Waals surface area contributed by atoms with Gasteiger partial charge in [-0.15, -0.1) is 11.3 Å². The molecule has 1 aromatic rings. The molecule has 106 valence electrons. The van der Waals surface area contributed by atoms with E-state index in [0.29, 0.717) is 6.42 Å². The van der Waals surface area contributed by atoms with Crippen LogP contribution in [0.25, 0.3) is 0 Å². The van der Waals surface area contributed by atoms with Crippen LogP contribution in [-0.4, -0.2) is 34.0 Å². The lowest BCUT2D eigenvalue weighted by Crippen LogP contribution is -2.47. The van der Waals surface area contributed by atoms with Crippen LogP contribution in [0, 0.1) is 0 Å². The number of hydrogen-bond donors (Lipinski definition) is 2. The molecule has 3 amide bonds. The van der Waals surface area contributed by atoms with Crippen molar-refractivity contribution in [3.8, 4) is 0 Å². The van der Waals surface area contributed by atoms with Gasteiger partial charge in [0.2, 0.25) is 0 Å². The zero-order valence-corrected chi connectivity index (χ0v) is 11.7. The highest BCUT2D eigenvalue weighted by molar-refractivity contribution is 7.10. The van der Waals surface area contributed by atoms with Gasteiger partial charge in [0.05, 0.1) is 0 Å². The Labute approximate surface area is 119 Å². The molecule has 0 radical (unpaired) electrons. The fourth-order valence-corrected chi connectivity index (χ4v) is 3.97. The molecule has 1 aliphatic carbocycles. The van der Waals surface area contributed by atoms with Crippen LogP contribution >= 0.6 is 11.3 Å². The van der Waals surface area contributed by atoms with Crippen molar-refractivity contribution in [2.24, 2.45) is 0 Å². The first-order chi connectivity index (χ1) is 9.47. The van der Waals surface area contributed by atoms with E-state index in [9.17, 15) is 14.4 Å². The minimum atomic E-state index is -1.19. The Kier molecular flexibility index (Phi) is 2.82. The fraction of sp³-hybridized carbons (Fsp3) is 0.462. The molecule has 1 spiro atoms. The number of carboxylic acid groups (broad SMARTS) is 1. The van der Waals surface area contributed by atoms with Crippen molar-refractivity contribution >= 4 is 29.2 Å². The molecule has 6 nitrogen and oxygen atoms in total. The zero-order chi connectivity index (χ0) is 14.5. The van der Waals surface area contributed by atoms with E-state index in [-0.39, 0.29) is 0 Å². The Bertz CT molecular complexity index is 611. The number of aliphatic carboxylic acids is 1. The topological polar surface area (TPSA) is 86.7 Å². The molecule has 2 aliphatic rings. The normalized spacial score (nSPS) is 26.6. The maximum Gasteiger partial charge on any atom is 0.326 e. The summed E-state index contributed by atoms with van der Waals surface area (Å²) < 4.78 is 0. The molecule has 2 N–H and O–H groups in total. The number of urea groups is 1. The number of thiophene rings is 1. The van der Waals surface area contributed by atoms with Crippen molar-refractivity contribution in [2.75, 3.05) is 0 Å². The molecular formula is C13H14N2O4S. The number of nitrogens with one attached hydrogen (secondary N) is 1. The van der Waals surface area contributed by atoms with Crippen molar-refractivity contribution in [1.29, 1.82) is 0 Å². The van der Waals surface area contributed by atoms with E-state index in [1.54, 1.807) is 11.3 Å². The first-order valence-corrected chi connectivity index (χ1v) is 7.31. The van der Waals surface area contributed by atoms with Gasteiger partial charge in [-0.1, -0.05) is 0 Å². The molecule has 0 saturated carbocycles. The second-order valence-electron chi connectivity index (χ2n) is 5.14. The fourth-order valence-electron chi connectivity index (χ4n) is 2.97. The number of fused-ring (bicyclic) bond motifs is 2. The van der Waals surface area contributed by atoms with Crippen molar-refractivity contribution in [3.63, 3.8) is 0 Å². The zero-order valence-electron chi connectivity index (χ0n) is 10.9. The van der Waals surface area contributed by atoms with Gasteiger partial charge < -0.3 is 10.4 Å². The monoisotopic (exact) mass is 294 g/mol. The minimum Gasteiger partial charge on any atom is -0.480 e. The van der Waals surface area contributed by atoms with Crippen molar-refractivity contribution in [2.45, 2.75) is 37.8 Å². The number of carbonyl (C=O) groups is 3.